The molecule has 0 radical (unpaired) electrons. The first-order valence-electron chi connectivity index (χ1n) is 17.0. The third kappa shape index (κ3) is 7.48. The summed E-state index contributed by atoms with van der Waals surface area (Å²) < 4.78 is 49.6. The minimum absolute atomic E-state index is 0.0994. The molecule has 0 aliphatic carbocycles. The topological polar surface area (TPSA) is 165 Å². The van der Waals surface area contributed by atoms with Crippen molar-refractivity contribution in [3.8, 4) is 11.5 Å². The predicted octanol–water partition coefficient (Wildman–Crippen LogP) is 6.52. The Bertz CT molecular complexity index is 2190. The van der Waals surface area contributed by atoms with Crippen LogP contribution in [0.25, 0.3) is 11.2 Å². The number of nitrogens with zero attached hydrogens (tertiary/aromatic N) is 4. The zero-order valence-electron chi connectivity index (χ0n) is 29.6. The summed E-state index contributed by atoms with van der Waals surface area (Å²) in [5.41, 5.74) is 2.35. The Morgan fingerprint density at radius 1 is 0.852 bits per heavy atom. The summed E-state index contributed by atoms with van der Waals surface area (Å²) in [6.07, 6.45) is 0.304. The number of methoxy groups -OCH3 is 2. The van der Waals surface area contributed by atoms with Crippen LogP contribution in [-0.2, 0) is 28.7 Å². The average molecular weight is 752 g/mol. The van der Waals surface area contributed by atoms with Crippen LogP contribution in [0.4, 0.5) is 5.82 Å². The number of rotatable bonds is 14. The van der Waals surface area contributed by atoms with Crippen molar-refractivity contribution in [2.75, 3.05) is 33.3 Å². The molecule has 1 unspecified atom stereocenters. The average Bonchev–Trinajstić information content (AvgIpc) is 3.83. The zero-order chi connectivity index (χ0) is 37.7. The molecule has 0 saturated carbocycles. The van der Waals surface area contributed by atoms with E-state index in [1.165, 1.54) is 12.7 Å². The van der Waals surface area contributed by atoms with Gasteiger partial charge in [-0.2, -0.15) is 0 Å². The highest BCUT2D eigenvalue weighted by molar-refractivity contribution is 7.47. The van der Waals surface area contributed by atoms with Crippen molar-refractivity contribution < 1.29 is 42.2 Å². The minimum Gasteiger partial charge on any atom is -0.497 e. The van der Waals surface area contributed by atoms with Crippen molar-refractivity contribution in [2.45, 2.75) is 30.5 Å². The first-order chi connectivity index (χ1) is 26.2. The fourth-order valence-electron chi connectivity index (χ4n) is 6.55. The number of carbonyl (C=O) groups is 1. The molecule has 2 N–H and O–H groups in total. The van der Waals surface area contributed by atoms with E-state index in [1.807, 2.05) is 84.9 Å². The number of benzene rings is 4. The maximum atomic E-state index is 13.0. The molecular weight excluding hydrogens is 713 g/mol. The van der Waals surface area contributed by atoms with Crippen LogP contribution in [0.15, 0.2) is 122 Å². The summed E-state index contributed by atoms with van der Waals surface area (Å²) in [4.78, 5) is 36.6. The molecule has 0 spiro atoms. The number of imidazole rings is 1. The van der Waals surface area contributed by atoms with Crippen LogP contribution in [0.1, 0.15) is 39.7 Å². The quantitative estimate of drug-likeness (QED) is 0.0916. The molecule has 1 amide bonds. The van der Waals surface area contributed by atoms with Gasteiger partial charge in [-0.1, -0.05) is 72.8 Å². The summed E-state index contributed by atoms with van der Waals surface area (Å²) in [6, 6.07) is 33.6. The van der Waals surface area contributed by atoms with Crippen LogP contribution in [0.3, 0.4) is 0 Å². The smallest absolute Gasteiger partial charge is 0.472 e. The molecule has 0 bridgehead atoms. The van der Waals surface area contributed by atoms with E-state index >= 15 is 0 Å². The van der Waals surface area contributed by atoms with Gasteiger partial charge in [-0.05, 0) is 53.1 Å². The fourth-order valence-corrected chi connectivity index (χ4v) is 7.20. The molecule has 15 heteroatoms. The molecule has 14 nitrogen and oxygen atoms in total. The van der Waals surface area contributed by atoms with Gasteiger partial charge in [0.05, 0.1) is 27.2 Å². The molecule has 7 rings (SSSR count). The highest BCUT2D eigenvalue weighted by Gasteiger charge is 2.45. The molecule has 3 heterocycles. The maximum Gasteiger partial charge on any atom is 0.472 e. The van der Waals surface area contributed by atoms with Gasteiger partial charge in [-0.25, -0.2) is 19.5 Å². The van der Waals surface area contributed by atoms with E-state index in [2.05, 4.69) is 20.3 Å². The van der Waals surface area contributed by atoms with Crippen LogP contribution in [-0.4, -0.2) is 70.5 Å². The van der Waals surface area contributed by atoms with E-state index < -0.39 is 31.9 Å². The van der Waals surface area contributed by atoms with Gasteiger partial charge >= 0.3 is 7.82 Å². The van der Waals surface area contributed by atoms with Gasteiger partial charge in [-0.15, -0.1) is 0 Å². The normalized spacial score (nSPS) is 18.3. The number of carbonyl (C=O) groups excluding carboxylic acids is 1. The highest BCUT2D eigenvalue weighted by Crippen LogP contribution is 2.49. The summed E-state index contributed by atoms with van der Waals surface area (Å²) in [7, 11) is -0.183. The lowest BCUT2D eigenvalue weighted by molar-refractivity contribution is -0.0923. The lowest BCUT2D eigenvalue weighted by Crippen LogP contribution is -2.38. The van der Waals surface area contributed by atoms with Gasteiger partial charge in [-0.3, -0.25) is 18.4 Å². The van der Waals surface area contributed by atoms with E-state index in [0.29, 0.717) is 28.2 Å². The second-order valence-electron chi connectivity index (χ2n) is 12.3. The molecule has 1 fully saturated rings. The number of hydrogen-bond donors (Lipinski definition) is 2. The van der Waals surface area contributed by atoms with Crippen LogP contribution in [0, 0.1) is 0 Å². The largest absolute Gasteiger partial charge is 0.497 e. The second-order valence-corrected chi connectivity index (χ2v) is 13.9. The third-order valence-corrected chi connectivity index (χ3v) is 10.3. The SMILES string of the molecule is COc1ccc(C(OC[C@H]2O[C@@H](n3cnc4c(NC(=O)c5ccccc5)ncnc43)C[C@@H]2OP(=O)(O)OC)(c2ccccc2)c2ccc(OC)cc2)cc1. The minimum atomic E-state index is -4.48. The van der Waals surface area contributed by atoms with Gasteiger partial charge in [0.2, 0.25) is 0 Å². The molecule has 1 saturated heterocycles. The highest BCUT2D eigenvalue weighted by atomic mass is 31.2. The Kier molecular flexibility index (Phi) is 10.8. The summed E-state index contributed by atoms with van der Waals surface area (Å²) >= 11 is 0. The van der Waals surface area contributed by atoms with E-state index in [4.69, 9.17) is 28.0 Å². The number of hydrogen-bond acceptors (Lipinski definition) is 11. The summed E-state index contributed by atoms with van der Waals surface area (Å²) in [6.45, 7) is -0.0994. The van der Waals surface area contributed by atoms with Crippen LogP contribution in [0.5, 0.6) is 11.5 Å². The van der Waals surface area contributed by atoms with Crippen molar-refractivity contribution in [1.29, 1.82) is 0 Å². The van der Waals surface area contributed by atoms with Gasteiger partial charge in [0.1, 0.15) is 41.9 Å². The standard InChI is InChI=1S/C39H38N5O9P/c1-48-30-18-14-28(15-19-30)39(27-12-8-5-9-13-27,29-16-20-31(49-2)21-17-29)51-23-33-32(53-54(46,47)50-3)22-34(52-33)44-25-42-35-36(40-24-41-37(35)44)43-38(45)26-10-6-4-7-11-26/h4-21,24-25,32-34H,22-23H2,1-3H3,(H,46,47)(H,40,41,43,45)/t32-,33+,34+/m0/s1. The number of fused-ring (bicyclic) bond motifs is 1. The van der Waals surface area contributed by atoms with Crippen molar-refractivity contribution in [3.05, 3.63) is 144 Å². The monoisotopic (exact) mass is 751 g/mol. The van der Waals surface area contributed by atoms with E-state index in [1.54, 1.807) is 43.1 Å². The number of phosphoric ester groups is 1. The summed E-state index contributed by atoms with van der Waals surface area (Å²) in [5, 5.41) is 2.81. The molecule has 6 aromatic rings. The third-order valence-electron chi connectivity index (χ3n) is 9.25. The van der Waals surface area contributed by atoms with Crippen molar-refractivity contribution in [2.24, 2.45) is 0 Å². The van der Waals surface area contributed by atoms with Gasteiger partial charge < -0.3 is 29.2 Å². The van der Waals surface area contributed by atoms with E-state index in [9.17, 15) is 14.3 Å². The Hall–Kier alpha value is -5.47. The van der Waals surface area contributed by atoms with E-state index in [-0.39, 0.29) is 24.8 Å². The molecule has 4 aromatic carbocycles. The Morgan fingerprint density at radius 2 is 1.44 bits per heavy atom. The molecule has 1 aliphatic heterocycles. The maximum absolute atomic E-state index is 13.0. The van der Waals surface area contributed by atoms with Crippen molar-refractivity contribution in [1.82, 2.24) is 19.5 Å². The number of ether oxygens (including phenoxy) is 4. The molecular formula is C39H38N5O9P. The predicted molar refractivity (Wildman–Crippen MR) is 198 cm³/mol. The van der Waals surface area contributed by atoms with Crippen molar-refractivity contribution >= 4 is 30.7 Å². The van der Waals surface area contributed by atoms with Gasteiger partial charge in [0.25, 0.3) is 5.91 Å². The lowest BCUT2D eigenvalue weighted by Gasteiger charge is -2.37. The number of anilines is 1. The molecule has 4 atom stereocenters. The summed E-state index contributed by atoms with van der Waals surface area (Å²) in [5.74, 6) is 1.19. The number of amides is 1. The van der Waals surface area contributed by atoms with Crippen LogP contribution >= 0.6 is 7.82 Å². The Morgan fingerprint density at radius 3 is 2.04 bits per heavy atom. The molecule has 2 aromatic heterocycles. The number of aromatic nitrogens is 4. The lowest BCUT2D eigenvalue weighted by atomic mass is 9.80. The fraction of sp³-hybridized carbons (Fsp3) is 0.231. The van der Waals surface area contributed by atoms with Gasteiger partial charge in [0.15, 0.2) is 17.0 Å². The molecule has 278 valence electrons. The van der Waals surface area contributed by atoms with Crippen molar-refractivity contribution in [3.63, 3.8) is 0 Å². The first-order valence-corrected chi connectivity index (χ1v) is 18.5. The molecule has 54 heavy (non-hydrogen) atoms. The van der Waals surface area contributed by atoms with Crippen LogP contribution in [0.2, 0.25) is 0 Å². The first kappa shape index (κ1) is 36.9. The Labute approximate surface area is 311 Å². The zero-order valence-corrected chi connectivity index (χ0v) is 30.5. The van der Waals surface area contributed by atoms with Crippen LogP contribution < -0.4 is 14.8 Å². The molecule has 1 aliphatic rings. The number of nitrogens with one attached hydrogen (secondary N) is 1. The second kappa shape index (κ2) is 15.9. The number of phosphoric acid groups is 1. The van der Waals surface area contributed by atoms with E-state index in [0.717, 1.165) is 23.8 Å². The Balaban J connectivity index is 1.24. The van der Waals surface area contributed by atoms with Gasteiger partial charge in [0, 0.05) is 19.1 Å².